The Labute approximate surface area is 184 Å². The molecule has 0 spiro atoms. The maximum Gasteiger partial charge on any atom is 0.341 e. The second kappa shape index (κ2) is 10.5. The number of aromatic nitrogens is 2. The molecule has 0 aliphatic heterocycles. The van der Waals surface area contributed by atoms with Gasteiger partial charge in [-0.2, -0.15) is 4.98 Å². The van der Waals surface area contributed by atoms with Crippen molar-refractivity contribution in [1.29, 1.82) is 0 Å². The molecule has 9 heteroatoms. The van der Waals surface area contributed by atoms with Crippen LogP contribution in [0.4, 0.5) is 11.8 Å². The van der Waals surface area contributed by atoms with Crippen molar-refractivity contribution < 1.29 is 19.4 Å². The number of nitrogens with two attached hydrogens (primary N) is 2. The summed E-state index contributed by atoms with van der Waals surface area (Å²) in [7, 11) is 0. The van der Waals surface area contributed by atoms with E-state index in [-0.39, 0.29) is 5.95 Å². The summed E-state index contributed by atoms with van der Waals surface area (Å²) in [4.78, 5) is 19.1. The lowest BCUT2D eigenvalue weighted by atomic mass is 10.0. The molecule has 1 heterocycles. The van der Waals surface area contributed by atoms with Crippen molar-refractivity contribution in [2.24, 2.45) is 0 Å². The van der Waals surface area contributed by atoms with Crippen LogP contribution < -0.4 is 20.9 Å². The molecule has 0 saturated heterocycles. The molecule has 8 nitrogen and oxygen atoms in total. The molecule has 5 N–H and O–H groups in total. The van der Waals surface area contributed by atoms with Gasteiger partial charge in [0.2, 0.25) is 5.95 Å². The number of unbranched alkanes of at least 4 members (excludes halogenated alkanes) is 1. The van der Waals surface area contributed by atoms with Crippen LogP contribution in [0, 0.1) is 0 Å². The highest BCUT2D eigenvalue weighted by molar-refractivity contribution is 6.30. The third-order valence-electron chi connectivity index (χ3n) is 4.39. The number of carboxylic acid groups (broad SMARTS) is 1. The maximum absolute atomic E-state index is 10.6. The van der Waals surface area contributed by atoms with Gasteiger partial charge < -0.3 is 26.0 Å². The van der Waals surface area contributed by atoms with Crippen LogP contribution in [0.2, 0.25) is 5.02 Å². The Morgan fingerprint density at radius 1 is 1.00 bits per heavy atom. The Morgan fingerprint density at radius 2 is 1.74 bits per heavy atom. The quantitative estimate of drug-likeness (QED) is 0.403. The Balaban J connectivity index is 1.58. The summed E-state index contributed by atoms with van der Waals surface area (Å²) in [5, 5.41) is 9.29. The molecule has 162 valence electrons. The monoisotopic (exact) mass is 442 g/mol. The number of nitrogens with zero attached hydrogens (tertiary/aromatic N) is 2. The smallest absolute Gasteiger partial charge is 0.341 e. The van der Waals surface area contributed by atoms with E-state index in [1.54, 1.807) is 30.3 Å². The van der Waals surface area contributed by atoms with Crippen molar-refractivity contribution >= 4 is 29.3 Å². The molecule has 0 atom stereocenters. The molecular weight excluding hydrogens is 420 g/mol. The van der Waals surface area contributed by atoms with Gasteiger partial charge in [-0.3, -0.25) is 0 Å². The van der Waals surface area contributed by atoms with Crippen LogP contribution in [-0.4, -0.2) is 34.3 Å². The molecule has 0 amide bonds. The number of nitrogen functional groups attached to an aromatic ring is 2. The number of aryl methyl sites for hydroxylation is 1. The first kappa shape index (κ1) is 22.2. The van der Waals surface area contributed by atoms with Gasteiger partial charge in [-0.25, -0.2) is 9.78 Å². The zero-order chi connectivity index (χ0) is 22.2. The number of anilines is 2. The molecule has 0 unspecified atom stereocenters. The van der Waals surface area contributed by atoms with Crippen molar-refractivity contribution in [1.82, 2.24) is 9.97 Å². The summed E-state index contributed by atoms with van der Waals surface area (Å²) < 4.78 is 10.9. The fraction of sp³-hybridized carbons (Fsp3) is 0.227. The highest BCUT2D eigenvalue weighted by atomic mass is 35.5. The molecule has 0 saturated carbocycles. The Hall–Kier alpha value is -3.52. The number of rotatable bonds is 10. The number of carbonyl (C=O) groups is 1. The second-order valence-electron chi connectivity index (χ2n) is 6.76. The van der Waals surface area contributed by atoms with Crippen molar-refractivity contribution in [2.45, 2.75) is 19.3 Å². The summed E-state index contributed by atoms with van der Waals surface area (Å²) in [6, 6.07) is 14.2. The fourth-order valence-corrected chi connectivity index (χ4v) is 3.26. The average molecular weight is 443 g/mol. The maximum atomic E-state index is 10.6. The minimum Gasteiger partial charge on any atom is -0.493 e. The number of carboxylic acids is 1. The van der Waals surface area contributed by atoms with E-state index in [1.165, 1.54) is 0 Å². The predicted molar refractivity (Wildman–Crippen MR) is 119 cm³/mol. The van der Waals surface area contributed by atoms with Crippen LogP contribution in [0.15, 0.2) is 48.5 Å². The summed E-state index contributed by atoms with van der Waals surface area (Å²) in [5.74, 6) is 0.470. The molecule has 0 aliphatic rings. The predicted octanol–water partition coefficient (Wildman–Crippen LogP) is 3.83. The third-order valence-corrected chi connectivity index (χ3v) is 4.62. The van der Waals surface area contributed by atoms with Crippen molar-refractivity contribution in [3.05, 3.63) is 59.2 Å². The Kier molecular flexibility index (Phi) is 7.50. The molecule has 0 bridgehead atoms. The zero-order valence-electron chi connectivity index (χ0n) is 16.8. The number of hydrogen-bond acceptors (Lipinski definition) is 7. The van der Waals surface area contributed by atoms with Crippen LogP contribution in [0.25, 0.3) is 11.1 Å². The molecule has 3 rings (SSSR count). The van der Waals surface area contributed by atoms with E-state index in [0.29, 0.717) is 35.4 Å². The van der Waals surface area contributed by atoms with Crippen molar-refractivity contribution in [2.75, 3.05) is 24.7 Å². The Morgan fingerprint density at radius 3 is 2.48 bits per heavy atom. The van der Waals surface area contributed by atoms with Gasteiger partial charge in [-0.1, -0.05) is 29.8 Å². The lowest BCUT2D eigenvalue weighted by Crippen LogP contribution is -2.09. The molecule has 0 radical (unpaired) electrons. The number of ether oxygens (including phenoxy) is 2. The first-order chi connectivity index (χ1) is 14.9. The van der Waals surface area contributed by atoms with Gasteiger partial charge in [0.1, 0.15) is 17.3 Å². The number of aliphatic carboxylic acids is 1. The van der Waals surface area contributed by atoms with Gasteiger partial charge in [0.15, 0.2) is 6.61 Å². The number of halogens is 1. The summed E-state index contributed by atoms with van der Waals surface area (Å²) >= 11 is 6.12. The van der Waals surface area contributed by atoms with Gasteiger partial charge >= 0.3 is 5.97 Å². The molecule has 2 aromatic carbocycles. The van der Waals surface area contributed by atoms with E-state index in [4.69, 9.17) is 37.6 Å². The van der Waals surface area contributed by atoms with Crippen LogP contribution >= 0.6 is 11.6 Å². The van der Waals surface area contributed by atoms with E-state index in [1.807, 2.05) is 18.2 Å². The van der Waals surface area contributed by atoms with Crippen LogP contribution in [0.1, 0.15) is 18.5 Å². The van der Waals surface area contributed by atoms with Gasteiger partial charge in [0.05, 0.1) is 12.3 Å². The fourth-order valence-electron chi connectivity index (χ4n) is 3.07. The third kappa shape index (κ3) is 6.48. The summed E-state index contributed by atoms with van der Waals surface area (Å²) in [5.41, 5.74) is 14.3. The van der Waals surface area contributed by atoms with Crippen LogP contribution in [0.5, 0.6) is 11.5 Å². The van der Waals surface area contributed by atoms with E-state index in [2.05, 4.69) is 9.97 Å². The first-order valence-corrected chi connectivity index (χ1v) is 10.1. The van der Waals surface area contributed by atoms with E-state index in [0.717, 1.165) is 29.7 Å². The van der Waals surface area contributed by atoms with Gasteiger partial charge in [0.25, 0.3) is 0 Å². The lowest BCUT2D eigenvalue weighted by molar-refractivity contribution is -0.139. The van der Waals surface area contributed by atoms with Crippen LogP contribution in [0.3, 0.4) is 0 Å². The van der Waals surface area contributed by atoms with E-state index >= 15 is 0 Å². The second-order valence-corrected chi connectivity index (χ2v) is 7.20. The molecule has 31 heavy (non-hydrogen) atoms. The standard InChI is InChI=1S/C22H23ClN4O4/c23-15-6-3-5-14(11-15)20-18(26-22(25)27-21(20)24)9-1-2-10-30-16-7-4-8-17(12-16)31-13-19(28)29/h3-8,11-12H,1-2,9-10,13H2,(H,28,29)(H4,24,25,26,27). The topological polar surface area (TPSA) is 134 Å². The highest BCUT2D eigenvalue weighted by Crippen LogP contribution is 2.31. The highest BCUT2D eigenvalue weighted by Gasteiger charge is 2.14. The first-order valence-electron chi connectivity index (χ1n) is 9.67. The van der Waals surface area contributed by atoms with Gasteiger partial charge in [0, 0.05) is 16.7 Å². The lowest BCUT2D eigenvalue weighted by Gasteiger charge is -2.13. The van der Waals surface area contributed by atoms with Gasteiger partial charge in [-0.15, -0.1) is 0 Å². The largest absolute Gasteiger partial charge is 0.493 e. The molecule has 0 aliphatic carbocycles. The van der Waals surface area contributed by atoms with Crippen molar-refractivity contribution in [3.8, 4) is 22.6 Å². The number of benzene rings is 2. The Bertz CT molecular complexity index is 1060. The molecule has 3 aromatic rings. The normalized spacial score (nSPS) is 10.6. The average Bonchev–Trinajstić information content (AvgIpc) is 2.72. The van der Waals surface area contributed by atoms with E-state index in [9.17, 15) is 4.79 Å². The SMILES string of the molecule is Nc1nc(N)c(-c2cccc(Cl)c2)c(CCCCOc2cccc(OCC(=O)O)c2)n1. The molecular formula is C22H23ClN4O4. The minimum absolute atomic E-state index is 0.132. The van der Waals surface area contributed by atoms with Gasteiger partial charge in [-0.05, 0) is 49.1 Å². The van der Waals surface area contributed by atoms with Crippen LogP contribution in [-0.2, 0) is 11.2 Å². The molecule has 1 aromatic heterocycles. The minimum atomic E-state index is -1.03. The summed E-state index contributed by atoms with van der Waals surface area (Å²) in [6.45, 7) is 0.0779. The van der Waals surface area contributed by atoms with E-state index < -0.39 is 12.6 Å². The number of hydrogen-bond donors (Lipinski definition) is 3. The van der Waals surface area contributed by atoms with Crippen molar-refractivity contribution in [3.63, 3.8) is 0 Å². The summed E-state index contributed by atoms with van der Waals surface area (Å²) in [6.07, 6.45) is 2.20. The zero-order valence-corrected chi connectivity index (χ0v) is 17.5. The molecule has 0 fully saturated rings.